The topological polar surface area (TPSA) is 6.48 Å². The monoisotopic (exact) mass is 1090 g/mol. The van der Waals surface area contributed by atoms with Crippen molar-refractivity contribution in [3.8, 4) is 22.3 Å². The van der Waals surface area contributed by atoms with Crippen LogP contribution in [0.4, 0.5) is 34.1 Å². The van der Waals surface area contributed by atoms with Crippen LogP contribution in [0.2, 0.25) is 0 Å². The van der Waals surface area contributed by atoms with Crippen LogP contribution in [0.15, 0.2) is 224 Å². The van der Waals surface area contributed by atoms with Crippen molar-refractivity contribution in [2.45, 2.75) is 98.3 Å². The molecule has 1 aliphatic carbocycles. The zero-order chi connectivity index (χ0) is 56.5. The summed E-state index contributed by atoms with van der Waals surface area (Å²) in [5.41, 5.74) is 23.4. The molecule has 3 heterocycles. The van der Waals surface area contributed by atoms with Crippen LogP contribution in [-0.4, -0.2) is 14.8 Å². The highest BCUT2D eigenvalue weighted by Gasteiger charge is 2.47. The van der Waals surface area contributed by atoms with Crippen LogP contribution in [0.1, 0.15) is 94.7 Å². The Hall–Kier alpha value is -7.96. The normalized spacial score (nSPS) is 15.0. The minimum absolute atomic E-state index is 0.0222. The minimum Gasteiger partial charge on any atom is -0.311 e. The van der Waals surface area contributed by atoms with E-state index < -0.39 is 8.07 Å². The lowest BCUT2D eigenvalue weighted by Crippen LogP contribution is -2.74. The Kier molecular flexibility index (Phi) is 12.3. The van der Waals surface area contributed by atoms with E-state index in [1.54, 1.807) is 0 Å². The predicted molar refractivity (Wildman–Crippen MR) is 359 cm³/mol. The predicted octanol–water partition coefficient (Wildman–Crippen LogP) is 16.3. The van der Waals surface area contributed by atoms with Crippen molar-refractivity contribution in [1.82, 2.24) is 0 Å². The van der Waals surface area contributed by atoms with E-state index >= 15 is 0 Å². The van der Waals surface area contributed by atoms with E-state index in [1.165, 1.54) is 149 Å². The maximum absolute atomic E-state index is 2.68. The van der Waals surface area contributed by atoms with E-state index in [4.69, 9.17) is 0 Å². The molecule has 0 N–H and O–H groups in total. The van der Waals surface area contributed by atoms with Crippen molar-refractivity contribution >= 4 is 107 Å². The molecule has 0 bridgehead atoms. The Bertz CT molecular complexity index is 4150. The highest BCUT2D eigenvalue weighted by molar-refractivity contribution is 7.33. The fraction of sp³-hybridized carbons (Fsp3) is 0.195. The van der Waals surface area contributed by atoms with Gasteiger partial charge in [-0.3, -0.25) is 0 Å². The molecule has 0 spiro atoms. The number of thiophene rings is 1. The molecule has 402 valence electrons. The van der Waals surface area contributed by atoms with E-state index in [2.05, 4.69) is 303 Å². The highest BCUT2D eigenvalue weighted by atomic mass is 32.1. The van der Waals surface area contributed by atoms with Crippen LogP contribution in [0.3, 0.4) is 0 Å². The lowest BCUT2D eigenvalue weighted by Gasteiger charge is -2.44. The van der Waals surface area contributed by atoms with E-state index in [-0.39, 0.29) is 23.0 Å². The van der Waals surface area contributed by atoms with Gasteiger partial charge >= 0.3 is 0 Å². The summed E-state index contributed by atoms with van der Waals surface area (Å²) in [6, 6.07) is 86.3. The number of aryl methyl sites for hydroxylation is 3. The molecule has 10 aromatic carbocycles. The molecule has 0 radical (unpaired) electrons. The van der Waals surface area contributed by atoms with Crippen molar-refractivity contribution in [3.05, 3.63) is 258 Å². The zero-order valence-corrected chi connectivity index (χ0v) is 51.0. The number of hydrogen-bond donors (Lipinski definition) is 0. The van der Waals surface area contributed by atoms with Crippen molar-refractivity contribution in [2.75, 3.05) is 9.80 Å². The van der Waals surface area contributed by atoms with Crippen LogP contribution in [0.5, 0.6) is 0 Å². The molecule has 1 aromatic heterocycles. The average molecular weight is 1100 g/mol. The van der Waals surface area contributed by atoms with Gasteiger partial charge < -0.3 is 9.80 Å². The minimum atomic E-state index is -2.68. The summed E-state index contributed by atoms with van der Waals surface area (Å²) in [6.07, 6.45) is 2.36. The maximum atomic E-state index is 2.66. The van der Waals surface area contributed by atoms with Crippen LogP contribution in [0.25, 0.3) is 32.3 Å². The highest BCUT2D eigenvalue weighted by Crippen LogP contribution is 2.53. The lowest BCUT2D eigenvalue weighted by atomic mass is 9.36. The number of fused-ring (bicyclic) bond motifs is 7. The van der Waals surface area contributed by atoms with Crippen molar-refractivity contribution in [3.63, 3.8) is 0 Å². The van der Waals surface area contributed by atoms with Gasteiger partial charge in [0, 0.05) is 37.6 Å². The molecule has 0 amide bonds. The number of rotatable bonds is 8. The maximum Gasteiger partial charge on any atom is 0.264 e. The van der Waals surface area contributed by atoms with Crippen LogP contribution < -0.4 is 46.2 Å². The average Bonchev–Trinajstić information content (AvgIpc) is 3.71. The van der Waals surface area contributed by atoms with Gasteiger partial charge in [-0.1, -0.05) is 218 Å². The number of nitrogens with zero attached hydrogens (tertiary/aromatic N) is 2. The molecule has 0 saturated carbocycles. The summed E-state index contributed by atoms with van der Waals surface area (Å²) in [4.78, 5) is 5.32. The lowest BCUT2D eigenvalue weighted by molar-refractivity contribution is 0.332. The molecule has 5 heteroatoms. The first-order valence-electron chi connectivity index (χ1n) is 29.6. The molecular weight excluding hydrogens is 1020 g/mol. The van der Waals surface area contributed by atoms with Gasteiger partial charge in [0.1, 0.15) is 0 Å². The van der Waals surface area contributed by atoms with Crippen LogP contribution in [0, 0.1) is 20.8 Å². The van der Waals surface area contributed by atoms with Crippen molar-refractivity contribution in [1.29, 1.82) is 0 Å². The molecule has 2 nitrogen and oxygen atoms in total. The third kappa shape index (κ3) is 8.24. The first-order chi connectivity index (χ1) is 39.5. The van der Waals surface area contributed by atoms with Crippen molar-refractivity contribution < 1.29 is 0 Å². The van der Waals surface area contributed by atoms with Gasteiger partial charge in [0.2, 0.25) is 0 Å². The quantitative estimate of drug-likeness (QED) is 0.111. The molecule has 0 unspecified atom stereocenters. The number of hydrogen-bond acceptors (Lipinski definition) is 3. The fourth-order valence-electron chi connectivity index (χ4n) is 14.6. The Labute approximate surface area is 491 Å². The second-order valence-corrected chi connectivity index (χ2v) is 31.0. The van der Waals surface area contributed by atoms with Gasteiger partial charge in [-0.15, -0.1) is 11.3 Å². The summed E-state index contributed by atoms with van der Waals surface area (Å²) in [5.74, 6) is 0. The molecule has 0 fully saturated rings. The number of anilines is 6. The molecular formula is C77H71BN2SSi. The smallest absolute Gasteiger partial charge is 0.264 e. The van der Waals surface area contributed by atoms with Crippen LogP contribution >= 0.6 is 11.3 Å². The molecule has 14 rings (SSSR count). The van der Waals surface area contributed by atoms with Gasteiger partial charge in [0.05, 0.1) is 11.4 Å². The summed E-state index contributed by atoms with van der Waals surface area (Å²) < 4.78 is 2.80. The van der Waals surface area contributed by atoms with Gasteiger partial charge in [0.15, 0.2) is 8.07 Å². The summed E-state index contributed by atoms with van der Waals surface area (Å²) in [6.45, 7) is 23.8. The molecule has 0 atom stereocenters. The van der Waals surface area contributed by atoms with Gasteiger partial charge in [-0.25, -0.2) is 0 Å². The first-order valence-corrected chi connectivity index (χ1v) is 32.4. The molecule has 82 heavy (non-hydrogen) atoms. The second-order valence-electron chi connectivity index (χ2n) is 26.1. The SMILES string of the molecule is Cc1cc2c3c(c1)N(c1ccc(C(C)(C)C)cc1)c1c(sc4cc5c(cc14)C(C)(C)CCC5(C)C)B3c1ccc(-c3ccccc3)cc1N2c1c(C)cc(-c2ccc([Si](c3ccccc3)(c3ccccc3)c3ccccc3)cc2)cc1C. The van der Waals surface area contributed by atoms with E-state index in [0.717, 1.165) is 0 Å². The zero-order valence-electron chi connectivity index (χ0n) is 49.2. The molecule has 2 aliphatic heterocycles. The van der Waals surface area contributed by atoms with Crippen LogP contribution in [-0.2, 0) is 16.2 Å². The largest absolute Gasteiger partial charge is 0.311 e. The Morgan fingerprint density at radius 3 is 1.49 bits per heavy atom. The first kappa shape index (κ1) is 52.1. The van der Waals surface area contributed by atoms with Crippen molar-refractivity contribution in [2.24, 2.45) is 0 Å². The number of benzene rings is 10. The molecule has 0 saturated heterocycles. The second kappa shape index (κ2) is 19.3. The third-order valence-electron chi connectivity index (χ3n) is 18.9. The van der Waals surface area contributed by atoms with Gasteiger partial charge in [0.25, 0.3) is 6.71 Å². The Balaban J connectivity index is 0.973. The standard InChI is InChI=1S/C77H71BN2SSi/c1-50-43-68-71-69(44-50)80(72-51(2)45-56(46-52(72)3)54-31-38-62(39-32-54)82(59-25-17-12-18-26-59,60-27-19-13-20-28-60)61-29-21-14-22-30-61)67-47-55(53-23-15-11-16-24-53)33-40-66(67)78(71)74-73(79(68)58-36-34-57(35-37-58)75(4,5)6)63-48-64-65(49-70(63)81-74)77(9,10)42-41-76(64,7)8/h11-40,43-49H,41-42H2,1-10H3. The fourth-order valence-corrected chi connectivity index (χ4v) is 20.6. The van der Waals surface area contributed by atoms with E-state index in [0.29, 0.717) is 0 Å². The molecule has 3 aliphatic rings. The summed E-state index contributed by atoms with van der Waals surface area (Å²) >= 11 is 2.03. The van der Waals surface area contributed by atoms with E-state index in [9.17, 15) is 0 Å². The van der Waals surface area contributed by atoms with Gasteiger partial charge in [-0.05, 0) is 192 Å². The Morgan fingerprint density at radius 1 is 0.451 bits per heavy atom. The molecule has 11 aromatic rings. The Morgan fingerprint density at radius 2 is 0.939 bits per heavy atom. The van der Waals surface area contributed by atoms with E-state index in [1.807, 2.05) is 11.3 Å². The third-order valence-corrected chi connectivity index (χ3v) is 24.9. The van der Waals surface area contributed by atoms with Gasteiger partial charge in [-0.2, -0.15) is 0 Å². The summed E-state index contributed by atoms with van der Waals surface area (Å²) in [7, 11) is -2.68. The summed E-state index contributed by atoms with van der Waals surface area (Å²) in [5, 5.41) is 6.88.